The number of hydrogen-bond donors (Lipinski definition) is 0. The van der Waals surface area contributed by atoms with Gasteiger partial charge in [0.25, 0.3) is 0 Å². The van der Waals surface area contributed by atoms with Gasteiger partial charge in [-0.2, -0.15) is 0 Å². The average molecular weight is 174 g/mol. The fraction of sp³-hybridized carbons (Fsp3) is 0.100. The van der Waals surface area contributed by atoms with Crippen molar-refractivity contribution in [1.82, 2.24) is 4.98 Å². The third-order valence-electron chi connectivity index (χ3n) is 1.81. The zero-order valence-electron chi connectivity index (χ0n) is 6.74. The van der Waals surface area contributed by atoms with Gasteiger partial charge in [-0.05, 0) is 12.5 Å². The van der Waals surface area contributed by atoms with E-state index >= 15 is 0 Å². The Kier molecular flexibility index (Phi) is 1.92. The van der Waals surface area contributed by atoms with Crippen LogP contribution >= 0.6 is 11.3 Å². The molecule has 1 nitrogen and oxygen atoms in total. The molecule has 0 aliphatic carbocycles. The molecule has 0 aliphatic rings. The molecule has 0 amide bonds. The maximum Gasteiger partial charge on any atom is 0.152 e. The molecule has 0 bridgehead atoms. The van der Waals surface area contributed by atoms with Crippen LogP contribution in [-0.4, -0.2) is 4.98 Å². The predicted molar refractivity (Wildman–Crippen MR) is 51.1 cm³/mol. The Labute approximate surface area is 75.7 Å². The van der Waals surface area contributed by atoms with E-state index in [9.17, 15) is 0 Å². The smallest absolute Gasteiger partial charge is 0.152 e. The van der Waals surface area contributed by atoms with Gasteiger partial charge < -0.3 is 0 Å². The zero-order valence-corrected chi connectivity index (χ0v) is 7.56. The number of nitrogens with zero attached hydrogens (tertiary/aromatic N) is 1. The maximum absolute atomic E-state index is 4.14. The summed E-state index contributed by atoms with van der Waals surface area (Å²) in [7, 11) is 0. The molecular formula is C10H8NS. The highest BCUT2D eigenvalue weighted by atomic mass is 32.1. The van der Waals surface area contributed by atoms with Crippen molar-refractivity contribution in [3.63, 3.8) is 0 Å². The first-order chi connectivity index (χ1) is 5.88. The third-order valence-corrected chi connectivity index (χ3v) is 2.35. The van der Waals surface area contributed by atoms with Crippen LogP contribution in [0.5, 0.6) is 0 Å². The van der Waals surface area contributed by atoms with E-state index < -0.39 is 0 Å². The molecule has 59 valence electrons. The fourth-order valence-corrected chi connectivity index (χ4v) is 1.66. The van der Waals surface area contributed by atoms with E-state index in [1.807, 2.05) is 17.5 Å². The van der Waals surface area contributed by atoms with Crippen molar-refractivity contribution in [2.24, 2.45) is 0 Å². The number of rotatable bonds is 1. The van der Waals surface area contributed by atoms with Crippen LogP contribution in [0.3, 0.4) is 0 Å². The second-order valence-corrected chi connectivity index (χ2v) is 3.29. The average Bonchev–Trinajstić information content (AvgIpc) is 2.57. The Morgan fingerprint density at radius 1 is 1.33 bits per heavy atom. The summed E-state index contributed by atoms with van der Waals surface area (Å²) < 4.78 is 0. The van der Waals surface area contributed by atoms with Crippen LogP contribution in [0.4, 0.5) is 0 Å². The molecule has 1 heterocycles. The molecule has 2 aromatic rings. The maximum atomic E-state index is 4.14. The SMILES string of the molecule is Cc1ccccc1-c1cs[c]n1. The van der Waals surface area contributed by atoms with E-state index in [0.717, 1.165) is 5.69 Å². The van der Waals surface area contributed by atoms with E-state index in [4.69, 9.17) is 0 Å². The summed E-state index contributed by atoms with van der Waals surface area (Å²) in [6.45, 7) is 2.09. The largest absolute Gasteiger partial charge is 0.233 e. The summed E-state index contributed by atoms with van der Waals surface area (Å²) in [4.78, 5) is 4.14. The third kappa shape index (κ3) is 1.25. The summed E-state index contributed by atoms with van der Waals surface area (Å²) in [5.74, 6) is 0. The van der Waals surface area contributed by atoms with E-state index in [1.54, 1.807) is 0 Å². The Balaban J connectivity index is 2.55. The van der Waals surface area contributed by atoms with Crippen molar-refractivity contribution in [2.75, 3.05) is 0 Å². The Morgan fingerprint density at radius 3 is 2.83 bits per heavy atom. The molecule has 2 heteroatoms. The van der Waals surface area contributed by atoms with Crippen molar-refractivity contribution in [1.29, 1.82) is 0 Å². The summed E-state index contributed by atoms with van der Waals surface area (Å²) in [6.07, 6.45) is 0. The van der Waals surface area contributed by atoms with Gasteiger partial charge in [0.2, 0.25) is 0 Å². The molecule has 0 N–H and O–H groups in total. The van der Waals surface area contributed by atoms with Gasteiger partial charge in [0.1, 0.15) is 0 Å². The first-order valence-electron chi connectivity index (χ1n) is 3.75. The number of aryl methyl sites for hydroxylation is 1. The van der Waals surface area contributed by atoms with E-state index in [-0.39, 0.29) is 0 Å². The van der Waals surface area contributed by atoms with Gasteiger partial charge in [-0.3, -0.25) is 0 Å². The molecule has 1 radical (unpaired) electrons. The van der Waals surface area contributed by atoms with Crippen molar-refractivity contribution in [3.05, 3.63) is 40.7 Å². The minimum absolute atomic E-state index is 1.03. The van der Waals surface area contributed by atoms with Crippen LogP contribution in [0.2, 0.25) is 0 Å². The van der Waals surface area contributed by atoms with Crippen LogP contribution in [0.15, 0.2) is 29.6 Å². The predicted octanol–water partition coefficient (Wildman–Crippen LogP) is 2.92. The molecule has 0 saturated carbocycles. The standard InChI is InChI=1S/C10H8NS/c1-8-4-2-3-5-9(8)10-6-12-7-11-10/h2-6H,1H3. The monoisotopic (exact) mass is 174 g/mol. The summed E-state index contributed by atoms with van der Waals surface area (Å²) in [5, 5.41) is 2.02. The highest BCUT2D eigenvalue weighted by molar-refractivity contribution is 7.07. The van der Waals surface area contributed by atoms with Crippen molar-refractivity contribution >= 4 is 11.3 Å². The van der Waals surface area contributed by atoms with Gasteiger partial charge in [0, 0.05) is 10.9 Å². The first kappa shape index (κ1) is 7.50. The van der Waals surface area contributed by atoms with Crippen molar-refractivity contribution in [2.45, 2.75) is 6.92 Å². The number of aromatic nitrogens is 1. The van der Waals surface area contributed by atoms with Crippen LogP contribution in [0.25, 0.3) is 11.3 Å². The number of benzene rings is 1. The Morgan fingerprint density at radius 2 is 2.17 bits per heavy atom. The second-order valence-electron chi connectivity index (χ2n) is 2.64. The van der Waals surface area contributed by atoms with Crippen molar-refractivity contribution in [3.8, 4) is 11.3 Å². The lowest BCUT2D eigenvalue weighted by Crippen LogP contribution is -1.80. The number of thiazole rings is 1. The summed E-state index contributed by atoms with van der Waals surface area (Å²) in [6, 6.07) is 8.24. The first-order valence-corrected chi connectivity index (χ1v) is 4.63. The van der Waals surface area contributed by atoms with E-state index in [0.29, 0.717) is 0 Å². The molecule has 12 heavy (non-hydrogen) atoms. The van der Waals surface area contributed by atoms with Crippen LogP contribution in [-0.2, 0) is 0 Å². The van der Waals surface area contributed by atoms with E-state index in [2.05, 4.69) is 29.6 Å². The Bertz CT molecular complexity index is 365. The quantitative estimate of drug-likeness (QED) is 0.647. The zero-order chi connectivity index (χ0) is 8.39. The van der Waals surface area contributed by atoms with Gasteiger partial charge in [0.15, 0.2) is 5.51 Å². The highest BCUT2D eigenvalue weighted by Crippen LogP contribution is 2.21. The van der Waals surface area contributed by atoms with Crippen LogP contribution in [0.1, 0.15) is 5.56 Å². The molecule has 0 fully saturated rings. The highest BCUT2D eigenvalue weighted by Gasteiger charge is 2.01. The topological polar surface area (TPSA) is 12.9 Å². The number of hydrogen-bond acceptors (Lipinski definition) is 2. The second kappa shape index (κ2) is 3.07. The molecule has 0 spiro atoms. The molecular weight excluding hydrogens is 166 g/mol. The molecule has 0 atom stereocenters. The van der Waals surface area contributed by atoms with Gasteiger partial charge >= 0.3 is 0 Å². The molecule has 1 aromatic heterocycles. The molecule has 2 rings (SSSR count). The van der Waals surface area contributed by atoms with Gasteiger partial charge in [0.05, 0.1) is 5.69 Å². The lowest BCUT2D eigenvalue weighted by atomic mass is 10.1. The molecule has 0 saturated heterocycles. The van der Waals surface area contributed by atoms with Crippen LogP contribution in [0, 0.1) is 12.4 Å². The van der Waals surface area contributed by atoms with Gasteiger partial charge in [-0.25, -0.2) is 4.98 Å². The van der Waals surface area contributed by atoms with Gasteiger partial charge in [-0.1, -0.05) is 24.3 Å². The summed E-state index contributed by atoms with van der Waals surface area (Å²) >= 11 is 1.51. The normalized spacial score (nSPS) is 10.1. The van der Waals surface area contributed by atoms with Gasteiger partial charge in [-0.15, -0.1) is 11.3 Å². The Hall–Kier alpha value is -1.15. The minimum Gasteiger partial charge on any atom is -0.233 e. The molecule has 0 unspecified atom stereocenters. The van der Waals surface area contributed by atoms with Crippen molar-refractivity contribution < 1.29 is 0 Å². The summed E-state index contributed by atoms with van der Waals surface area (Å²) in [5.41, 5.74) is 6.34. The molecule has 1 aromatic carbocycles. The lowest BCUT2D eigenvalue weighted by Gasteiger charge is -1.99. The molecule has 0 aliphatic heterocycles. The van der Waals surface area contributed by atoms with E-state index in [1.165, 1.54) is 22.5 Å². The lowest BCUT2D eigenvalue weighted by molar-refractivity contribution is 1.36. The fourth-order valence-electron chi connectivity index (χ4n) is 1.17. The van der Waals surface area contributed by atoms with Crippen LogP contribution < -0.4 is 0 Å². The minimum atomic E-state index is 1.03.